The summed E-state index contributed by atoms with van der Waals surface area (Å²) in [5.74, 6) is 0. The van der Waals surface area contributed by atoms with E-state index < -0.39 is 0 Å². The average molecular weight is 257 g/mol. The summed E-state index contributed by atoms with van der Waals surface area (Å²) in [6, 6.07) is 11.8. The maximum absolute atomic E-state index is 11.4. The molecule has 0 N–H and O–H groups in total. The lowest BCUT2D eigenvalue weighted by molar-refractivity contribution is 0.736. The number of thiazole rings is 1. The van der Waals surface area contributed by atoms with Crippen molar-refractivity contribution >= 4 is 11.3 Å². The Morgan fingerprint density at radius 3 is 2.67 bits per heavy atom. The van der Waals surface area contributed by atoms with Gasteiger partial charge in [-0.2, -0.15) is 5.10 Å². The van der Waals surface area contributed by atoms with Gasteiger partial charge in [0.1, 0.15) is 0 Å². The van der Waals surface area contributed by atoms with E-state index in [9.17, 15) is 4.79 Å². The Labute approximate surface area is 108 Å². The Kier molecular flexibility index (Phi) is 2.82. The molecule has 0 aliphatic carbocycles. The normalized spacial score (nSPS) is 10.7. The third-order valence-electron chi connectivity index (χ3n) is 2.64. The quantitative estimate of drug-likeness (QED) is 0.721. The smallest absolute Gasteiger partial charge is 0.300 e. The predicted octanol–water partition coefficient (Wildman–Crippen LogP) is 2.14. The van der Waals surface area contributed by atoms with Crippen LogP contribution in [-0.2, 0) is 6.54 Å². The maximum Gasteiger partial charge on any atom is 0.307 e. The Morgan fingerprint density at radius 1 is 1.11 bits per heavy atom. The van der Waals surface area contributed by atoms with Gasteiger partial charge < -0.3 is 0 Å². The number of aromatic nitrogens is 3. The molecule has 90 valence electrons. The number of benzene rings is 1. The monoisotopic (exact) mass is 257 g/mol. The fourth-order valence-electron chi connectivity index (χ4n) is 1.75. The fourth-order valence-corrected chi connectivity index (χ4v) is 2.34. The van der Waals surface area contributed by atoms with Gasteiger partial charge in [-0.05, 0) is 18.2 Å². The van der Waals surface area contributed by atoms with Crippen LogP contribution < -0.4 is 4.87 Å². The highest BCUT2D eigenvalue weighted by atomic mass is 32.1. The molecule has 4 nitrogen and oxygen atoms in total. The molecule has 0 atom stereocenters. The van der Waals surface area contributed by atoms with Gasteiger partial charge in [0.25, 0.3) is 0 Å². The van der Waals surface area contributed by atoms with E-state index in [1.165, 1.54) is 11.3 Å². The van der Waals surface area contributed by atoms with Crippen molar-refractivity contribution < 1.29 is 0 Å². The molecule has 0 amide bonds. The van der Waals surface area contributed by atoms with Crippen molar-refractivity contribution in [3.05, 3.63) is 69.5 Å². The highest BCUT2D eigenvalue weighted by Crippen LogP contribution is 2.07. The Hall–Kier alpha value is -2.14. The molecule has 2 aromatic heterocycles. The summed E-state index contributed by atoms with van der Waals surface area (Å²) in [5.41, 5.74) is 1.89. The zero-order valence-corrected chi connectivity index (χ0v) is 10.4. The largest absolute Gasteiger partial charge is 0.307 e. The third-order valence-corrected chi connectivity index (χ3v) is 3.34. The molecule has 18 heavy (non-hydrogen) atoms. The van der Waals surface area contributed by atoms with Crippen molar-refractivity contribution in [1.29, 1.82) is 0 Å². The third kappa shape index (κ3) is 2.12. The first-order chi connectivity index (χ1) is 8.83. The molecule has 0 bridgehead atoms. The molecule has 0 saturated heterocycles. The van der Waals surface area contributed by atoms with Gasteiger partial charge in [-0.25, -0.2) is 4.68 Å². The van der Waals surface area contributed by atoms with E-state index in [4.69, 9.17) is 0 Å². The topological polar surface area (TPSA) is 39.8 Å². The van der Waals surface area contributed by atoms with Crippen molar-refractivity contribution in [2.45, 2.75) is 6.54 Å². The van der Waals surface area contributed by atoms with Gasteiger partial charge in [-0.3, -0.25) is 9.36 Å². The van der Waals surface area contributed by atoms with Gasteiger partial charge in [0, 0.05) is 17.8 Å². The molecule has 3 rings (SSSR count). The number of nitrogens with zero attached hydrogens (tertiary/aromatic N) is 3. The SMILES string of the molecule is O=c1sccn1Cc1ccn(-c2ccccc2)n1. The molecule has 0 aliphatic rings. The molecular formula is C13H11N3OS. The Balaban J connectivity index is 1.87. The van der Waals surface area contributed by atoms with Crippen LogP contribution in [0.15, 0.2) is 59.0 Å². The van der Waals surface area contributed by atoms with Crippen molar-refractivity contribution in [2.75, 3.05) is 0 Å². The second-order valence-corrected chi connectivity index (χ2v) is 4.74. The molecule has 0 aliphatic heterocycles. The minimum atomic E-state index is 0.0456. The molecular weight excluding hydrogens is 246 g/mol. The first kappa shape index (κ1) is 11.0. The predicted molar refractivity (Wildman–Crippen MR) is 71.2 cm³/mol. The molecule has 3 aromatic rings. The van der Waals surface area contributed by atoms with Gasteiger partial charge in [0.2, 0.25) is 0 Å². The van der Waals surface area contributed by atoms with Crippen LogP contribution in [0.4, 0.5) is 0 Å². The highest BCUT2D eigenvalue weighted by Gasteiger charge is 2.03. The number of para-hydroxylation sites is 1. The van der Waals surface area contributed by atoms with Crippen LogP contribution in [-0.4, -0.2) is 14.3 Å². The van der Waals surface area contributed by atoms with Crippen molar-refractivity contribution in [1.82, 2.24) is 14.3 Å². The van der Waals surface area contributed by atoms with E-state index >= 15 is 0 Å². The molecule has 0 saturated carbocycles. The molecule has 0 spiro atoms. The number of hydrogen-bond acceptors (Lipinski definition) is 3. The maximum atomic E-state index is 11.4. The van der Waals surface area contributed by atoms with Crippen LogP contribution in [0.5, 0.6) is 0 Å². The average Bonchev–Trinajstić information content (AvgIpc) is 3.02. The van der Waals surface area contributed by atoms with E-state index in [2.05, 4.69) is 5.10 Å². The lowest BCUT2D eigenvalue weighted by atomic mass is 10.3. The minimum absolute atomic E-state index is 0.0456. The highest BCUT2D eigenvalue weighted by molar-refractivity contribution is 7.07. The summed E-state index contributed by atoms with van der Waals surface area (Å²) in [6.07, 6.45) is 3.69. The molecule has 0 radical (unpaired) electrons. The Morgan fingerprint density at radius 2 is 1.94 bits per heavy atom. The van der Waals surface area contributed by atoms with Gasteiger partial charge in [-0.15, -0.1) is 0 Å². The zero-order chi connectivity index (χ0) is 12.4. The summed E-state index contributed by atoms with van der Waals surface area (Å²) in [4.78, 5) is 11.5. The van der Waals surface area contributed by atoms with Crippen molar-refractivity contribution in [3.8, 4) is 5.69 Å². The van der Waals surface area contributed by atoms with E-state index in [1.54, 1.807) is 16.1 Å². The van der Waals surface area contributed by atoms with Gasteiger partial charge in [-0.1, -0.05) is 29.5 Å². The second-order valence-electron chi connectivity index (χ2n) is 3.88. The van der Waals surface area contributed by atoms with E-state index in [-0.39, 0.29) is 4.87 Å². The first-order valence-electron chi connectivity index (χ1n) is 5.57. The zero-order valence-electron chi connectivity index (χ0n) is 9.56. The summed E-state index contributed by atoms with van der Waals surface area (Å²) in [7, 11) is 0. The van der Waals surface area contributed by atoms with Crippen LogP contribution in [0.25, 0.3) is 5.69 Å². The van der Waals surface area contributed by atoms with Crippen LogP contribution >= 0.6 is 11.3 Å². The van der Waals surface area contributed by atoms with E-state index in [1.807, 2.05) is 47.3 Å². The van der Waals surface area contributed by atoms with Crippen LogP contribution in [0, 0.1) is 0 Å². The van der Waals surface area contributed by atoms with Gasteiger partial charge in [0.15, 0.2) is 0 Å². The van der Waals surface area contributed by atoms with Crippen LogP contribution in [0.3, 0.4) is 0 Å². The summed E-state index contributed by atoms with van der Waals surface area (Å²) in [5, 5.41) is 6.25. The van der Waals surface area contributed by atoms with Crippen molar-refractivity contribution in [2.24, 2.45) is 0 Å². The standard InChI is InChI=1S/C13H11N3OS/c17-13-15(8-9-18-13)10-11-6-7-16(14-11)12-4-2-1-3-5-12/h1-9H,10H2. The van der Waals surface area contributed by atoms with Crippen LogP contribution in [0.1, 0.15) is 5.69 Å². The van der Waals surface area contributed by atoms with Gasteiger partial charge in [0.05, 0.1) is 17.9 Å². The summed E-state index contributed by atoms with van der Waals surface area (Å²) in [6.45, 7) is 0.516. The van der Waals surface area contributed by atoms with Gasteiger partial charge >= 0.3 is 4.87 Å². The summed E-state index contributed by atoms with van der Waals surface area (Å²) < 4.78 is 3.47. The lowest BCUT2D eigenvalue weighted by Gasteiger charge is -2.00. The van der Waals surface area contributed by atoms with Crippen molar-refractivity contribution in [3.63, 3.8) is 0 Å². The van der Waals surface area contributed by atoms with E-state index in [0.717, 1.165) is 11.4 Å². The first-order valence-corrected chi connectivity index (χ1v) is 6.45. The fraction of sp³-hybridized carbons (Fsp3) is 0.0769. The summed E-state index contributed by atoms with van der Waals surface area (Å²) >= 11 is 1.20. The molecule has 0 unspecified atom stereocenters. The minimum Gasteiger partial charge on any atom is -0.300 e. The lowest BCUT2D eigenvalue weighted by Crippen LogP contribution is -2.13. The molecule has 0 fully saturated rings. The Bertz CT molecular complexity index is 696. The number of rotatable bonds is 3. The molecule has 2 heterocycles. The molecule has 1 aromatic carbocycles. The number of hydrogen-bond donors (Lipinski definition) is 0. The van der Waals surface area contributed by atoms with E-state index in [0.29, 0.717) is 6.54 Å². The second kappa shape index (κ2) is 4.62. The molecule has 5 heteroatoms. The van der Waals surface area contributed by atoms with Crippen LogP contribution in [0.2, 0.25) is 0 Å².